The molecular formula is C14H21ClN2O5. The Kier molecular flexibility index (Phi) is 7.23. The molecule has 8 heteroatoms. The Bertz CT molecular complexity index is 481. The minimum Gasteiger partial charge on any atom is -0.493 e. The number of methoxy groups -OCH3 is 3. The maximum absolute atomic E-state index is 12.2. The van der Waals surface area contributed by atoms with Gasteiger partial charge in [0.1, 0.15) is 6.04 Å². The average Bonchev–Trinajstić information content (AvgIpc) is 2.54. The van der Waals surface area contributed by atoms with Crippen LogP contribution in [-0.4, -0.2) is 53.0 Å². The van der Waals surface area contributed by atoms with Crippen LogP contribution in [0.25, 0.3) is 0 Å². The van der Waals surface area contributed by atoms with E-state index in [1.807, 2.05) is 0 Å². The minimum absolute atomic E-state index is 0. The number of anilines is 1. The number of benzene rings is 1. The van der Waals surface area contributed by atoms with Gasteiger partial charge in [0.15, 0.2) is 11.5 Å². The van der Waals surface area contributed by atoms with Crippen LogP contribution in [0.2, 0.25) is 0 Å². The minimum atomic E-state index is -0.363. The molecule has 22 heavy (non-hydrogen) atoms. The fourth-order valence-corrected chi connectivity index (χ4v) is 2.12. The second-order valence-corrected chi connectivity index (χ2v) is 4.48. The Hall–Kier alpha value is -1.70. The maximum Gasteiger partial charge on any atom is 0.243 e. The lowest BCUT2D eigenvalue weighted by atomic mass is 10.2. The van der Waals surface area contributed by atoms with Crippen molar-refractivity contribution in [3.05, 3.63) is 12.1 Å². The Labute approximate surface area is 135 Å². The number of carbonyl (C=O) groups is 1. The molecule has 1 unspecified atom stereocenters. The average molecular weight is 333 g/mol. The lowest BCUT2D eigenvalue weighted by Gasteiger charge is -2.23. The second-order valence-electron chi connectivity index (χ2n) is 4.48. The maximum atomic E-state index is 12.2. The van der Waals surface area contributed by atoms with Crippen molar-refractivity contribution in [2.45, 2.75) is 6.04 Å². The summed E-state index contributed by atoms with van der Waals surface area (Å²) in [6, 6.07) is 3.00. The number of hydrogen-bond donors (Lipinski definition) is 2. The van der Waals surface area contributed by atoms with E-state index in [0.717, 1.165) is 0 Å². The van der Waals surface area contributed by atoms with E-state index in [2.05, 4.69) is 10.6 Å². The normalized spacial score (nSPS) is 17.1. The van der Waals surface area contributed by atoms with Crippen molar-refractivity contribution < 1.29 is 23.7 Å². The number of ether oxygens (including phenoxy) is 4. The topological polar surface area (TPSA) is 78.1 Å². The van der Waals surface area contributed by atoms with Gasteiger partial charge in [-0.2, -0.15) is 0 Å². The molecule has 1 atom stereocenters. The smallest absolute Gasteiger partial charge is 0.243 e. The molecule has 1 amide bonds. The predicted octanol–water partition coefficient (Wildman–Crippen LogP) is 1.06. The van der Waals surface area contributed by atoms with Gasteiger partial charge in [-0.3, -0.25) is 4.79 Å². The molecule has 124 valence electrons. The van der Waals surface area contributed by atoms with Crippen LogP contribution in [0.4, 0.5) is 5.69 Å². The molecule has 0 radical (unpaired) electrons. The molecular weight excluding hydrogens is 312 g/mol. The first-order valence-corrected chi connectivity index (χ1v) is 6.61. The Morgan fingerprint density at radius 3 is 2.32 bits per heavy atom. The molecule has 1 aliphatic heterocycles. The first-order chi connectivity index (χ1) is 10.2. The van der Waals surface area contributed by atoms with Crippen LogP contribution in [0, 0.1) is 0 Å². The van der Waals surface area contributed by atoms with E-state index in [-0.39, 0.29) is 24.4 Å². The first kappa shape index (κ1) is 18.3. The third kappa shape index (κ3) is 4.16. The van der Waals surface area contributed by atoms with Crippen LogP contribution < -0.4 is 24.8 Å². The highest BCUT2D eigenvalue weighted by molar-refractivity contribution is 5.95. The van der Waals surface area contributed by atoms with Gasteiger partial charge >= 0.3 is 0 Å². The van der Waals surface area contributed by atoms with Crippen molar-refractivity contribution in [3.63, 3.8) is 0 Å². The van der Waals surface area contributed by atoms with Crippen molar-refractivity contribution in [1.29, 1.82) is 0 Å². The van der Waals surface area contributed by atoms with Crippen LogP contribution in [-0.2, 0) is 9.53 Å². The first-order valence-electron chi connectivity index (χ1n) is 6.61. The molecule has 7 nitrogen and oxygen atoms in total. The number of morpholine rings is 1. The summed E-state index contributed by atoms with van der Waals surface area (Å²) >= 11 is 0. The summed E-state index contributed by atoms with van der Waals surface area (Å²) in [6.45, 7) is 1.64. The third-order valence-corrected chi connectivity index (χ3v) is 3.17. The quantitative estimate of drug-likeness (QED) is 0.839. The number of carbonyl (C=O) groups excluding carboxylic acids is 1. The Morgan fingerprint density at radius 1 is 1.23 bits per heavy atom. The molecule has 1 aromatic rings. The summed E-state index contributed by atoms with van der Waals surface area (Å²) in [5.41, 5.74) is 0.571. The third-order valence-electron chi connectivity index (χ3n) is 3.17. The van der Waals surface area contributed by atoms with Gasteiger partial charge in [-0.25, -0.2) is 0 Å². The molecule has 0 aromatic heterocycles. The molecule has 2 rings (SSSR count). The number of nitrogens with one attached hydrogen (secondary N) is 2. The van der Waals surface area contributed by atoms with E-state index >= 15 is 0 Å². The highest BCUT2D eigenvalue weighted by Crippen LogP contribution is 2.39. The molecule has 1 aliphatic rings. The Balaban J connectivity index is 0.00000242. The zero-order chi connectivity index (χ0) is 15.2. The van der Waals surface area contributed by atoms with E-state index < -0.39 is 0 Å². The fourth-order valence-electron chi connectivity index (χ4n) is 2.12. The predicted molar refractivity (Wildman–Crippen MR) is 84.6 cm³/mol. The second kappa shape index (κ2) is 8.67. The number of hydrogen-bond acceptors (Lipinski definition) is 6. The van der Waals surface area contributed by atoms with Gasteiger partial charge in [-0.15, -0.1) is 12.4 Å². The zero-order valence-corrected chi connectivity index (χ0v) is 13.6. The van der Waals surface area contributed by atoms with Gasteiger partial charge < -0.3 is 29.6 Å². The fraction of sp³-hybridized carbons (Fsp3) is 0.500. The van der Waals surface area contributed by atoms with Crippen LogP contribution in [0.5, 0.6) is 17.2 Å². The van der Waals surface area contributed by atoms with Gasteiger partial charge in [0, 0.05) is 24.4 Å². The molecule has 0 saturated carbocycles. The van der Waals surface area contributed by atoms with Gasteiger partial charge in [0.05, 0.1) is 34.5 Å². The van der Waals surface area contributed by atoms with E-state index in [1.165, 1.54) is 21.3 Å². The molecule has 0 bridgehead atoms. The van der Waals surface area contributed by atoms with Crippen molar-refractivity contribution in [3.8, 4) is 17.2 Å². The number of rotatable bonds is 5. The Morgan fingerprint density at radius 2 is 1.86 bits per heavy atom. The largest absolute Gasteiger partial charge is 0.493 e. The van der Waals surface area contributed by atoms with Gasteiger partial charge in [-0.1, -0.05) is 0 Å². The van der Waals surface area contributed by atoms with Crippen LogP contribution >= 0.6 is 12.4 Å². The molecule has 0 aliphatic carbocycles. The standard InChI is InChI=1S/C14H20N2O5.ClH/c1-18-11-6-9(7-12(19-2)13(11)20-3)16-14(17)10-8-21-5-4-15-10;/h6-7,10,15H,4-5,8H2,1-3H3,(H,16,17);1H. The molecule has 1 aromatic carbocycles. The van der Waals surface area contributed by atoms with Crippen LogP contribution in [0.1, 0.15) is 0 Å². The van der Waals surface area contributed by atoms with E-state index in [0.29, 0.717) is 42.7 Å². The van der Waals surface area contributed by atoms with E-state index in [9.17, 15) is 4.79 Å². The van der Waals surface area contributed by atoms with Crippen molar-refractivity contribution in [2.75, 3.05) is 46.4 Å². The molecule has 1 saturated heterocycles. The summed E-state index contributed by atoms with van der Waals surface area (Å²) in [5, 5.41) is 5.91. The van der Waals surface area contributed by atoms with Crippen LogP contribution in [0.3, 0.4) is 0 Å². The van der Waals surface area contributed by atoms with Crippen molar-refractivity contribution in [2.24, 2.45) is 0 Å². The zero-order valence-electron chi connectivity index (χ0n) is 12.8. The highest BCUT2D eigenvalue weighted by atomic mass is 35.5. The number of halogens is 1. The summed E-state index contributed by atoms with van der Waals surface area (Å²) in [7, 11) is 4.58. The molecule has 0 spiro atoms. The summed E-state index contributed by atoms with van der Waals surface area (Å²) in [4.78, 5) is 12.2. The summed E-state index contributed by atoms with van der Waals surface area (Å²) in [5.74, 6) is 1.29. The molecule has 1 heterocycles. The summed E-state index contributed by atoms with van der Waals surface area (Å²) in [6.07, 6.45) is 0. The lowest BCUT2D eigenvalue weighted by molar-refractivity contribution is -0.120. The highest BCUT2D eigenvalue weighted by Gasteiger charge is 2.22. The van der Waals surface area contributed by atoms with Crippen molar-refractivity contribution in [1.82, 2.24) is 5.32 Å². The molecule has 2 N–H and O–H groups in total. The van der Waals surface area contributed by atoms with E-state index in [1.54, 1.807) is 12.1 Å². The van der Waals surface area contributed by atoms with E-state index in [4.69, 9.17) is 18.9 Å². The van der Waals surface area contributed by atoms with Gasteiger partial charge in [-0.05, 0) is 0 Å². The van der Waals surface area contributed by atoms with Gasteiger partial charge in [0.25, 0.3) is 0 Å². The SMILES string of the molecule is COc1cc(NC(=O)C2COCCN2)cc(OC)c1OC.Cl. The number of amides is 1. The van der Waals surface area contributed by atoms with Crippen LogP contribution in [0.15, 0.2) is 12.1 Å². The lowest BCUT2D eigenvalue weighted by Crippen LogP contribution is -2.48. The van der Waals surface area contributed by atoms with Crippen molar-refractivity contribution >= 4 is 24.0 Å². The summed E-state index contributed by atoms with van der Waals surface area (Å²) < 4.78 is 21.0. The molecule has 1 fully saturated rings. The van der Waals surface area contributed by atoms with Gasteiger partial charge in [0.2, 0.25) is 11.7 Å². The monoisotopic (exact) mass is 332 g/mol.